The summed E-state index contributed by atoms with van der Waals surface area (Å²) in [4.78, 5) is 18.9. The maximum atomic E-state index is 14.0. The van der Waals surface area contributed by atoms with E-state index in [2.05, 4.69) is 10.1 Å². The molecule has 2 aromatic carbocycles. The van der Waals surface area contributed by atoms with Gasteiger partial charge in [-0.15, -0.1) is 0 Å². The highest BCUT2D eigenvalue weighted by Crippen LogP contribution is 2.29. The van der Waals surface area contributed by atoms with Gasteiger partial charge in [-0.25, -0.2) is 4.39 Å². The van der Waals surface area contributed by atoms with Crippen LogP contribution in [0.4, 0.5) is 4.39 Å². The molecule has 0 radical (unpaired) electrons. The number of piperidine rings is 1. The predicted octanol–water partition coefficient (Wildman–Crippen LogP) is 3.90. The number of amides is 1. The number of aromatic nitrogens is 2. The van der Waals surface area contributed by atoms with Gasteiger partial charge in [-0.2, -0.15) is 4.98 Å². The number of nitrogens with zero attached hydrogens (tertiary/aromatic N) is 3. The Kier molecular flexibility index (Phi) is 5.06. The molecule has 0 saturated carbocycles. The molecule has 1 aromatic heterocycles. The van der Waals surface area contributed by atoms with Crippen LogP contribution in [-0.4, -0.2) is 41.1 Å². The topological polar surface area (TPSA) is 68.5 Å². The first-order valence-corrected chi connectivity index (χ1v) is 9.17. The van der Waals surface area contributed by atoms with Crippen molar-refractivity contribution in [3.8, 4) is 17.2 Å². The van der Waals surface area contributed by atoms with E-state index >= 15 is 0 Å². The molecule has 2 heterocycles. The molecule has 1 fully saturated rings. The fourth-order valence-corrected chi connectivity index (χ4v) is 3.45. The molecule has 1 aliphatic heterocycles. The number of likely N-dealkylation sites (tertiary alicyclic amines) is 1. The molecular weight excluding hydrogens is 361 g/mol. The number of rotatable bonds is 4. The second kappa shape index (κ2) is 7.80. The van der Waals surface area contributed by atoms with Crippen molar-refractivity contribution in [2.75, 3.05) is 20.2 Å². The Labute approximate surface area is 161 Å². The van der Waals surface area contributed by atoms with E-state index in [0.717, 1.165) is 18.4 Å². The molecule has 6 nitrogen and oxygen atoms in total. The zero-order valence-electron chi connectivity index (χ0n) is 15.5. The van der Waals surface area contributed by atoms with Crippen molar-refractivity contribution in [1.29, 1.82) is 0 Å². The van der Waals surface area contributed by atoms with Gasteiger partial charge >= 0.3 is 0 Å². The van der Waals surface area contributed by atoms with Gasteiger partial charge in [0.2, 0.25) is 0 Å². The van der Waals surface area contributed by atoms with E-state index in [1.807, 2.05) is 24.3 Å². The van der Waals surface area contributed by atoms with Crippen molar-refractivity contribution in [3.63, 3.8) is 0 Å². The summed E-state index contributed by atoms with van der Waals surface area (Å²) in [5, 5.41) is 4.12. The number of ether oxygens (including phenoxy) is 1. The van der Waals surface area contributed by atoms with E-state index in [9.17, 15) is 9.18 Å². The lowest BCUT2D eigenvalue weighted by molar-refractivity contribution is 0.0699. The summed E-state index contributed by atoms with van der Waals surface area (Å²) >= 11 is 0. The van der Waals surface area contributed by atoms with Crippen LogP contribution in [-0.2, 0) is 0 Å². The van der Waals surface area contributed by atoms with Crippen molar-refractivity contribution < 1.29 is 18.4 Å². The molecule has 3 aromatic rings. The SMILES string of the molecule is COc1cccc(-c2nc(C3CCCN(C(=O)c4ccccc4F)C3)no2)c1. The van der Waals surface area contributed by atoms with E-state index in [0.29, 0.717) is 30.6 Å². The molecular formula is C21H20FN3O3. The minimum absolute atomic E-state index is 0.0485. The third-order valence-corrected chi connectivity index (χ3v) is 4.94. The van der Waals surface area contributed by atoms with Gasteiger partial charge in [0, 0.05) is 24.6 Å². The van der Waals surface area contributed by atoms with Crippen LogP contribution in [0.5, 0.6) is 5.75 Å². The van der Waals surface area contributed by atoms with Gasteiger partial charge in [-0.1, -0.05) is 23.4 Å². The smallest absolute Gasteiger partial charge is 0.258 e. The molecule has 28 heavy (non-hydrogen) atoms. The Bertz CT molecular complexity index is 988. The van der Waals surface area contributed by atoms with Crippen LogP contribution in [0.3, 0.4) is 0 Å². The number of halogens is 1. The number of hydrogen-bond acceptors (Lipinski definition) is 5. The van der Waals surface area contributed by atoms with Crippen molar-refractivity contribution in [2.24, 2.45) is 0 Å². The molecule has 144 valence electrons. The minimum Gasteiger partial charge on any atom is -0.497 e. The quantitative estimate of drug-likeness (QED) is 0.686. The van der Waals surface area contributed by atoms with Gasteiger partial charge in [0.15, 0.2) is 5.82 Å². The summed E-state index contributed by atoms with van der Waals surface area (Å²) < 4.78 is 24.6. The summed E-state index contributed by atoms with van der Waals surface area (Å²) in [6.07, 6.45) is 1.64. The maximum absolute atomic E-state index is 14.0. The molecule has 0 N–H and O–H groups in total. The van der Waals surface area contributed by atoms with Crippen LogP contribution in [0, 0.1) is 5.82 Å². The maximum Gasteiger partial charge on any atom is 0.258 e. The first kappa shape index (κ1) is 18.2. The van der Waals surface area contributed by atoms with Crippen LogP contribution in [0.15, 0.2) is 53.1 Å². The fourth-order valence-electron chi connectivity index (χ4n) is 3.45. The normalized spacial score (nSPS) is 16.8. The number of carbonyl (C=O) groups excluding carboxylic acids is 1. The summed E-state index contributed by atoms with van der Waals surface area (Å²) in [6, 6.07) is 13.4. The highest BCUT2D eigenvalue weighted by molar-refractivity contribution is 5.94. The molecule has 0 aliphatic carbocycles. The van der Waals surface area contributed by atoms with Crippen LogP contribution >= 0.6 is 0 Å². The molecule has 0 bridgehead atoms. The van der Waals surface area contributed by atoms with Gasteiger partial charge in [0.05, 0.1) is 12.7 Å². The Morgan fingerprint density at radius 1 is 1.25 bits per heavy atom. The lowest BCUT2D eigenvalue weighted by Crippen LogP contribution is -2.39. The fraction of sp³-hybridized carbons (Fsp3) is 0.286. The number of methoxy groups -OCH3 is 1. The summed E-state index contributed by atoms with van der Waals surface area (Å²) in [6.45, 7) is 1.02. The largest absolute Gasteiger partial charge is 0.497 e. The molecule has 1 amide bonds. The standard InChI is InChI=1S/C21H20FN3O3/c1-27-16-8-4-6-14(12-16)20-23-19(24-28-20)15-7-5-11-25(13-15)21(26)17-9-2-3-10-18(17)22/h2-4,6,8-10,12,15H,5,7,11,13H2,1H3. The minimum atomic E-state index is -0.505. The lowest BCUT2D eigenvalue weighted by atomic mass is 9.96. The lowest BCUT2D eigenvalue weighted by Gasteiger charge is -2.31. The molecule has 7 heteroatoms. The van der Waals surface area contributed by atoms with Crippen LogP contribution in [0.1, 0.15) is 34.9 Å². The van der Waals surface area contributed by atoms with Gasteiger partial charge in [-0.3, -0.25) is 4.79 Å². The van der Waals surface area contributed by atoms with E-state index in [1.54, 1.807) is 24.1 Å². The second-order valence-electron chi connectivity index (χ2n) is 6.76. The monoisotopic (exact) mass is 381 g/mol. The van der Waals surface area contributed by atoms with E-state index in [4.69, 9.17) is 9.26 Å². The van der Waals surface area contributed by atoms with Crippen LogP contribution in [0.2, 0.25) is 0 Å². The summed E-state index contributed by atoms with van der Waals surface area (Å²) in [5.41, 5.74) is 0.863. The van der Waals surface area contributed by atoms with Crippen molar-refractivity contribution in [3.05, 3.63) is 65.7 Å². The average Bonchev–Trinajstić information content (AvgIpc) is 3.24. The molecule has 1 saturated heterocycles. The van der Waals surface area contributed by atoms with E-state index in [1.165, 1.54) is 12.1 Å². The summed E-state index contributed by atoms with van der Waals surface area (Å²) in [7, 11) is 1.60. The first-order valence-electron chi connectivity index (χ1n) is 9.17. The van der Waals surface area contributed by atoms with Crippen molar-refractivity contribution in [1.82, 2.24) is 15.0 Å². The third-order valence-electron chi connectivity index (χ3n) is 4.94. The van der Waals surface area contributed by atoms with Gasteiger partial charge in [-0.05, 0) is 43.2 Å². The number of carbonyl (C=O) groups is 1. The molecule has 0 spiro atoms. The Morgan fingerprint density at radius 3 is 2.93 bits per heavy atom. The molecule has 4 rings (SSSR count). The Morgan fingerprint density at radius 2 is 2.11 bits per heavy atom. The predicted molar refractivity (Wildman–Crippen MR) is 101 cm³/mol. The van der Waals surface area contributed by atoms with Crippen LogP contribution in [0.25, 0.3) is 11.5 Å². The van der Waals surface area contributed by atoms with Crippen LogP contribution < -0.4 is 4.74 Å². The van der Waals surface area contributed by atoms with Gasteiger partial charge in [0.1, 0.15) is 11.6 Å². The zero-order valence-corrected chi connectivity index (χ0v) is 15.5. The number of hydrogen-bond donors (Lipinski definition) is 0. The molecule has 1 unspecified atom stereocenters. The Hall–Kier alpha value is -3.22. The first-order chi connectivity index (χ1) is 13.7. The zero-order chi connectivity index (χ0) is 19.5. The Balaban J connectivity index is 1.51. The van der Waals surface area contributed by atoms with E-state index < -0.39 is 5.82 Å². The van der Waals surface area contributed by atoms with Crippen molar-refractivity contribution in [2.45, 2.75) is 18.8 Å². The van der Waals surface area contributed by atoms with Gasteiger partial charge in [0.25, 0.3) is 11.8 Å². The second-order valence-corrected chi connectivity index (χ2v) is 6.76. The number of benzene rings is 2. The highest BCUT2D eigenvalue weighted by atomic mass is 19.1. The van der Waals surface area contributed by atoms with Crippen molar-refractivity contribution >= 4 is 5.91 Å². The molecule has 1 atom stereocenters. The van der Waals surface area contributed by atoms with E-state index in [-0.39, 0.29) is 17.4 Å². The molecule has 1 aliphatic rings. The average molecular weight is 381 g/mol. The summed E-state index contributed by atoms with van der Waals surface area (Å²) in [5.74, 6) is 0.813. The van der Waals surface area contributed by atoms with Gasteiger partial charge < -0.3 is 14.2 Å². The highest BCUT2D eigenvalue weighted by Gasteiger charge is 2.29. The third kappa shape index (κ3) is 3.60.